The molecule has 3 unspecified atom stereocenters. The van der Waals surface area contributed by atoms with Crippen LogP contribution in [0.15, 0.2) is 158 Å². The van der Waals surface area contributed by atoms with Gasteiger partial charge < -0.3 is 4.90 Å². The average molecular weight is 592 g/mol. The number of fused-ring (bicyclic) bond motifs is 5. The molecular weight excluding hydrogens is 555 g/mol. The number of hydrogen-bond acceptors (Lipinski definition) is 1. The summed E-state index contributed by atoms with van der Waals surface area (Å²) in [5, 5.41) is 5.17. The van der Waals surface area contributed by atoms with Crippen LogP contribution in [-0.2, 0) is 0 Å². The first-order chi connectivity index (χ1) is 22.8. The molecule has 1 heteroatoms. The molecule has 0 heterocycles. The minimum atomic E-state index is 0.738. The van der Waals surface area contributed by atoms with E-state index in [0.29, 0.717) is 0 Å². The summed E-state index contributed by atoms with van der Waals surface area (Å²) in [6.45, 7) is 0. The van der Waals surface area contributed by atoms with Crippen molar-refractivity contribution in [3.8, 4) is 22.3 Å². The molecule has 1 nitrogen and oxygen atoms in total. The molecule has 0 saturated heterocycles. The summed E-state index contributed by atoms with van der Waals surface area (Å²) in [5.41, 5.74) is 10.0. The normalized spacial score (nSPS) is 18.7. The molecule has 7 aromatic rings. The van der Waals surface area contributed by atoms with Crippen LogP contribution >= 0.6 is 0 Å². The third-order valence-corrected chi connectivity index (χ3v) is 10.8. The first kappa shape index (κ1) is 27.2. The van der Waals surface area contributed by atoms with E-state index in [2.05, 4.69) is 163 Å². The standard InChI is InChI=1S/C45H37N/c1-2-8-32(9-3-1)33-16-22-38(23-17-33)46(39-24-18-34(19-25-39)44-29-31-14-15-37(44)28-31)40-26-20-35(21-27-40)45-30-36-10-4-5-11-41(36)42-12-6-7-13-43(42)45/h1-13,16-27,30-31,37,44H,14-15,28-29H2. The molecule has 0 aliphatic heterocycles. The van der Waals surface area contributed by atoms with Crippen molar-refractivity contribution in [2.24, 2.45) is 11.8 Å². The molecule has 2 saturated carbocycles. The Morgan fingerprint density at radius 1 is 0.435 bits per heavy atom. The molecule has 2 aliphatic rings. The van der Waals surface area contributed by atoms with E-state index < -0.39 is 0 Å². The van der Waals surface area contributed by atoms with Gasteiger partial charge in [0, 0.05) is 17.1 Å². The van der Waals surface area contributed by atoms with Crippen LogP contribution in [0.2, 0.25) is 0 Å². The SMILES string of the molecule is c1ccc(-c2ccc(N(c3ccc(-c4cc5ccccc5c5ccccc45)cc3)c3ccc(C4CC5CCC4C5)cc3)cc2)cc1. The molecule has 2 aliphatic carbocycles. The Hall–Kier alpha value is -5.14. The number of hydrogen-bond donors (Lipinski definition) is 0. The van der Waals surface area contributed by atoms with Gasteiger partial charge in [-0.15, -0.1) is 0 Å². The number of nitrogens with zero attached hydrogens (tertiary/aromatic N) is 1. The van der Waals surface area contributed by atoms with Crippen LogP contribution in [0.4, 0.5) is 17.1 Å². The zero-order valence-corrected chi connectivity index (χ0v) is 26.0. The molecular formula is C45H37N. The van der Waals surface area contributed by atoms with E-state index in [1.54, 1.807) is 0 Å². The van der Waals surface area contributed by atoms with Gasteiger partial charge in [-0.1, -0.05) is 122 Å². The van der Waals surface area contributed by atoms with E-state index in [9.17, 15) is 0 Å². The van der Waals surface area contributed by atoms with Gasteiger partial charge in [0.2, 0.25) is 0 Å². The topological polar surface area (TPSA) is 3.24 Å². The van der Waals surface area contributed by atoms with Gasteiger partial charge in [0.05, 0.1) is 0 Å². The van der Waals surface area contributed by atoms with Crippen LogP contribution in [0.3, 0.4) is 0 Å². The van der Waals surface area contributed by atoms with Crippen molar-refractivity contribution in [2.45, 2.75) is 31.6 Å². The van der Waals surface area contributed by atoms with Crippen molar-refractivity contribution in [3.05, 3.63) is 163 Å². The second kappa shape index (κ2) is 11.3. The minimum Gasteiger partial charge on any atom is -0.311 e. The Labute approximate surface area is 271 Å². The minimum absolute atomic E-state index is 0.738. The largest absolute Gasteiger partial charge is 0.311 e. The Morgan fingerprint density at radius 3 is 1.65 bits per heavy atom. The van der Waals surface area contributed by atoms with Crippen molar-refractivity contribution in [2.75, 3.05) is 4.90 Å². The summed E-state index contributed by atoms with van der Waals surface area (Å²) >= 11 is 0. The Balaban J connectivity index is 1.11. The van der Waals surface area contributed by atoms with E-state index in [0.717, 1.165) is 29.1 Å². The fourth-order valence-electron chi connectivity index (χ4n) is 8.49. The van der Waals surface area contributed by atoms with Crippen LogP contribution in [0.5, 0.6) is 0 Å². The van der Waals surface area contributed by atoms with Crippen LogP contribution in [0, 0.1) is 11.8 Å². The summed E-state index contributed by atoms with van der Waals surface area (Å²) < 4.78 is 0. The van der Waals surface area contributed by atoms with Gasteiger partial charge >= 0.3 is 0 Å². The molecule has 9 rings (SSSR count). The molecule has 7 aromatic carbocycles. The van der Waals surface area contributed by atoms with Gasteiger partial charge in [0.15, 0.2) is 0 Å². The smallest absolute Gasteiger partial charge is 0.0462 e. The highest BCUT2D eigenvalue weighted by atomic mass is 15.1. The third-order valence-electron chi connectivity index (χ3n) is 10.8. The highest BCUT2D eigenvalue weighted by molar-refractivity contribution is 6.13. The molecule has 2 bridgehead atoms. The maximum absolute atomic E-state index is 2.40. The molecule has 2 fully saturated rings. The lowest BCUT2D eigenvalue weighted by molar-refractivity contribution is 0.420. The van der Waals surface area contributed by atoms with Gasteiger partial charge in [-0.2, -0.15) is 0 Å². The number of rotatable bonds is 6. The first-order valence-electron chi connectivity index (χ1n) is 16.8. The van der Waals surface area contributed by atoms with E-state index >= 15 is 0 Å². The first-order valence-corrected chi connectivity index (χ1v) is 16.8. The van der Waals surface area contributed by atoms with Crippen molar-refractivity contribution in [3.63, 3.8) is 0 Å². The molecule has 0 spiro atoms. The summed E-state index contributed by atoms with van der Waals surface area (Å²) in [4.78, 5) is 2.40. The van der Waals surface area contributed by atoms with E-state index in [4.69, 9.17) is 0 Å². The van der Waals surface area contributed by atoms with E-state index in [-0.39, 0.29) is 0 Å². The fourth-order valence-corrected chi connectivity index (χ4v) is 8.49. The van der Waals surface area contributed by atoms with Gasteiger partial charge in [-0.25, -0.2) is 0 Å². The maximum Gasteiger partial charge on any atom is 0.0462 e. The second-order valence-electron chi connectivity index (χ2n) is 13.4. The Morgan fingerprint density at radius 2 is 1.00 bits per heavy atom. The zero-order valence-electron chi connectivity index (χ0n) is 26.0. The molecule has 0 amide bonds. The number of anilines is 3. The highest BCUT2D eigenvalue weighted by Gasteiger charge is 2.40. The molecule has 0 radical (unpaired) electrons. The van der Waals surface area contributed by atoms with Crippen molar-refractivity contribution in [1.82, 2.24) is 0 Å². The maximum atomic E-state index is 2.40. The van der Waals surface area contributed by atoms with Crippen LogP contribution in [0.1, 0.15) is 37.2 Å². The van der Waals surface area contributed by atoms with E-state index in [1.165, 1.54) is 80.7 Å². The summed E-state index contributed by atoms with van der Waals surface area (Å²) in [6, 6.07) is 58.2. The second-order valence-corrected chi connectivity index (χ2v) is 13.4. The van der Waals surface area contributed by atoms with Crippen LogP contribution in [0.25, 0.3) is 43.8 Å². The van der Waals surface area contributed by atoms with Crippen LogP contribution in [-0.4, -0.2) is 0 Å². The fraction of sp³-hybridized carbons (Fsp3) is 0.156. The van der Waals surface area contributed by atoms with Crippen molar-refractivity contribution < 1.29 is 0 Å². The average Bonchev–Trinajstić information content (AvgIpc) is 3.77. The van der Waals surface area contributed by atoms with Crippen molar-refractivity contribution in [1.29, 1.82) is 0 Å². The summed E-state index contributed by atoms with van der Waals surface area (Å²) in [7, 11) is 0. The predicted octanol–water partition coefficient (Wildman–Crippen LogP) is 12.7. The summed E-state index contributed by atoms with van der Waals surface area (Å²) in [6.07, 6.45) is 5.66. The Kier molecular flexibility index (Phi) is 6.70. The molecule has 0 N–H and O–H groups in total. The van der Waals surface area contributed by atoms with Crippen molar-refractivity contribution >= 4 is 38.6 Å². The highest BCUT2D eigenvalue weighted by Crippen LogP contribution is 2.53. The monoisotopic (exact) mass is 591 g/mol. The third kappa shape index (κ3) is 4.79. The zero-order chi connectivity index (χ0) is 30.5. The molecule has 46 heavy (non-hydrogen) atoms. The van der Waals surface area contributed by atoms with Gasteiger partial charge in [0.1, 0.15) is 0 Å². The lowest BCUT2D eigenvalue weighted by Crippen LogP contribution is -2.11. The van der Waals surface area contributed by atoms with Gasteiger partial charge in [-0.05, 0) is 129 Å². The quantitative estimate of drug-likeness (QED) is 0.174. The molecule has 222 valence electrons. The Bertz CT molecular complexity index is 2140. The van der Waals surface area contributed by atoms with Gasteiger partial charge in [-0.3, -0.25) is 0 Å². The van der Waals surface area contributed by atoms with Crippen LogP contribution < -0.4 is 4.90 Å². The van der Waals surface area contributed by atoms with E-state index in [1.807, 2.05) is 0 Å². The van der Waals surface area contributed by atoms with Gasteiger partial charge in [0.25, 0.3) is 0 Å². The predicted molar refractivity (Wildman–Crippen MR) is 195 cm³/mol. The number of benzene rings is 7. The molecule has 0 aromatic heterocycles. The summed E-state index contributed by atoms with van der Waals surface area (Å²) in [5.74, 6) is 2.58. The lowest BCUT2D eigenvalue weighted by Gasteiger charge is -2.27. The lowest BCUT2D eigenvalue weighted by atomic mass is 9.83. The molecule has 3 atom stereocenters.